The van der Waals surface area contributed by atoms with Crippen molar-refractivity contribution in [3.05, 3.63) is 54.8 Å². The average Bonchev–Trinajstić information content (AvgIpc) is 3.36. The zero-order valence-corrected chi connectivity index (χ0v) is 16.3. The Morgan fingerprint density at radius 1 is 1.23 bits per heavy atom. The van der Waals surface area contributed by atoms with Crippen molar-refractivity contribution in [3.63, 3.8) is 0 Å². The quantitative estimate of drug-likeness (QED) is 0.388. The highest BCUT2D eigenvalue weighted by Crippen LogP contribution is 2.32. The van der Waals surface area contributed by atoms with E-state index < -0.39 is 0 Å². The Morgan fingerprint density at radius 2 is 2.10 bits per heavy atom. The Labute approximate surface area is 172 Å². The number of nitrogens with one attached hydrogen (secondary N) is 1. The molecule has 0 amide bonds. The Balaban J connectivity index is 1.52. The summed E-state index contributed by atoms with van der Waals surface area (Å²) >= 11 is 0. The van der Waals surface area contributed by atoms with E-state index in [4.69, 9.17) is 15.2 Å². The van der Waals surface area contributed by atoms with Gasteiger partial charge in [0.05, 0.1) is 5.69 Å². The molecule has 8 nitrogen and oxygen atoms in total. The van der Waals surface area contributed by atoms with Crippen LogP contribution in [0.1, 0.15) is 12.8 Å². The fourth-order valence-electron chi connectivity index (χ4n) is 3.90. The number of piperidine rings is 1. The molecule has 4 heterocycles. The molecule has 1 fully saturated rings. The number of hydrazine groups is 1. The number of halogens is 1. The molecule has 5 rings (SSSR count). The Hall–Kier alpha value is -3.30. The summed E-state index contributed by atoms with van der Waals surface area (Å²) in [4.78, 5) is 13.6. The standard InChI is InChI=1S/C21H22FN7O/c22-16-5-3-15(4-6-16)18-19(28-10-11-30-21(28)27-18)17-7-9-25-20(26-17)29(23)13-14-2-1-8-24-12-14/h3-7,9-11,14,24H,1-2,8,12-13,23H2. The van der Waals surface area contributed by atoms with E-state index in [1.807, 2.05) is 10.5 Å². The lowest BCUT2D eigenvalue weighted by Crippen LogP contribution is -2.42. The fourth-order valence-corrected chi connectivity index (χ4v) is 3.90. The minimum absolute atomic E-state index is 0.302. The molecule has 0 radical (unpaired) electrons. The first kappa shape index (κ1) is 18.7. The van der Waals surface area contributed by atoms with Crippen LogP contribution in [0.5, 0.6) is 0 Å². The van der Waals surface area contributed by atoms with Gasteiger partial charge in [-0.25, -0.2) is 20.2 Å². The second-order valence-electron chi connectivity index (χ2n) is 7.48. The van der Waals surface area contributed by atoms with Crippen LogP contribution in [0.15, 0.2) is 53.4 Å². The van der Waals surface area contributed by atoms with Crippen molar-refractivity contribution in [2.24, 2.45) is 11.8 Å². The molecule has 3 N–H and O–H groups in total. The number of anilines is 1. The van der Waals surface area contributed by atoms with Gasteiger partial charge in [0.2, 0.25) is 5.95 Å². The minimum Gasteiger partial charge on any atom is -0.432 e. The summed E-state index contributed by atoms with van der Waals surface area (Å²) in [6.45, 7) is 2.68. The van der Waals surface area contributed by atoms with Crippen molar-refractivity contribution >= 4 is 11.8 Å². The highest BCUT2D eigenvalue weighted by molar-refractivity contribution is 5.79. The second kappa shape index (κ2) is 7.85. The molecule has 30 heavy (non-hydrogen) atoms. The lowest BCUT2D eigenvalue weighted by Gasteiger charge is -2.27. The number of benzene rings is 1. The average molecular weight is 407 g/mol. The third kappa shape index (κ3) is 3.53. The third-order valence-corrected chi connectivity index (χ3v) is 5.38. The van der Waals surface area contributed by atoms with Crippen molar-refractivity contribution in [3.8, 4) is 22.6 Å². The van der Waals surface area contributed by atoms with Crippen molar-refractivity contribution < 1.29 is 8.81 Å². The fraction of sp³-hybridized carbons (Fsp3) is 0.286. The van der Waals surface area contributed by atoms with Crippen LogP contribution in [0.25, 0.3) is 28.5 Å². The van der Waals surface area contributed by atoms with Crippen LogP contribution >= 0.6 is 0 Å². The lowest BCUT2D eigenvalue weighted by atomic mass is 10.00. The number of aromatic nitrogens is 4. The number of oxazole rings is 1. The van der Waals surface area contributed by atoms with Gasteiger partial charge in [-0.3, -0.25) is 9.41 Å². The smallest absolute Gasteiger partial charge is 0.306 e. The van der Waals surface area contributed by atoms with Gasteiger partial charge in [0, 0.05) is 24.5 Å². The third-order valence-electron chi connectivity index (χ3n) is 5.38. The summed E-state index contributed by atoms with van der Waals surface area (Å²) in [5.41, 5.74) is 2.81. The topological polar surface area (TPSA) is 97.5 Å². The second-order valence-corrected chi connectivity index (χ2v) is 7.48. The molecule has 0 saturated carbocycles. The zero-order valence-electron chi connectivity index (χ0n) is 16.3. The molecule has 4 aromatic rings. The monoisotopic (exact) mass is 407 g/mol. The van der Waals surface area contributed by atoms with Crippen LogP contribution in [0.4, 0.5) is 10.3 Å². The molecule has 1 aliphatic rings. The molecular weight excluding hydrogens is 385 g/mol. The van der Waals surface area contributed by atoms with Crippen LogP contribution in [-0.2, 0) is 0 Å². The highest BCUT2D eigenvalue weighted by atomic mass is 19.1. The van der Waals surface area contributed by atoms with E-state index in [2.05, 4.69) is 15.3 Å². The van der Waals surface area contributed by atoms with Gasteiger partial charge in [0.15, 0.2) is 0 Å². The van der Waals surface area contributed by atoms with Gasteiger partial charge in [0.1, 0.15) is 23.5 Å². The van der Waals surface area contributed by atoms with Gasteiger partial charge >= 0.3 is 5.84 Å². The van der Waals surface area contributed by atoms with Gasteiger partial charge in [-0.15, -0.1) is 0 Å². The van der Waals surface area contributed by atoms with E-state index in [-0.39, 0.29) is 5.82 Å². The summed E-state index contributed by atoms with van der Waals surface area (Å²) in [5.74, 6) is 7.34. The van der Waals surface area contributed by atoms with Gasteiger partial charge in [-0.05, 0) is 62.2 Å². The van der Waals surface area contributed by atoms with Gasteiger partial charge in [-0.1, -0.05) is 0 Å². The molecule has 1 aliphatic heterocycles. The Kier molecular flexibility index (Phi) is 4.89. The van der Waals surface area contributed by atoms with Crippen LogP contribution in [-0.4, -0.2) is 39.0 Å². The van der Waals surface area contributed by atoms with Crippen LogP contribution in [0, 0.1) is 11.7 Å². The van der Waals surface area contributed by atoms with E-state index in [0.717, 1.165) is 37.2 Å². The minimum atomic E-state index is -0.302. The molecule has 0 bridgehead atoms. The SMILES string of the molecule is NN(CC1CCCNC1)c1nccc(-c2c(-c3ccc(F)cc3)nc3occn23)n1. The summed E-state index contributed by atoms with van der Waals surface area (Å²) in [7, 11) is 0. The van der Waals surface area contributed by atoms with Crippen LogP contribution in [0.2, 0.25) is 0 Å². The first-order valence-electron chi connectivity index (χ1n) is 9.97. The molecule has 1 atom stereocenters. The van der Waals surface area contributed by atoms with Gasteiger partial charge in [-0.2, -0.15) is 4.98 Å². The van der Waals surface area contributed by atoms with E-state index in [9.17, 15) is 4.39 Å². The number of hydrogen-bond acceptors (Lipinski definition) is 7. The van der Waals surface area contributed by atoms with Crippen molar-refractivity contribution in [1.82, 2.24) is 24.7 Å². The molecule has 0 spiro atoms. The van der Waals surface area contributed by atoms with Crippen molar-refractivity contribution in [2.45, 2.75) is 12.8 Å². The number of rotatable bonds is 5. The maximum atomic E-state index is 13.4. The number of hydrogen-bond donors (Lipinski definition) is 2. The molecule has 154 valence electrons. The highest BCUT2D eigenvalue weighted by Gasteiger charge is 2.21. The number of fused-ring (bicyclic) bond motifs is 1. The molecule has 3 aromatic heterocycles. The number of nitrogens with two attached hydrogens (primary N) is 1. The maximum Gasteiger partial charge on any atom is 0.306 e. The summed E-state index contributed by atoms with van der Waals surface area (Å²) in [5, 5.41) is 5.00. The zero-order chi connectivity index (χ0) is 20.5. The first-order valence-corrected chi connectivity index (χ1v) is 9.97. The Morgan fingerprint density at radius 3 is 2.90 bits per heavy atom. The van der Waals surface area contributed by atoms with E-state index in [1.54, 1.807) is 35.8 Å². The predicted molar refractivity (Wildman–Crippen MR) is 111 cm³/mol. The van der Waals surface area contributed by atoms with Crippen molar-refractivity contribution in [1.29, 1.82) is 0 Å². The molecule has 1 saturated heterocycles. The molecule has 1 unspecified atom stereocenters. The Bertz CT molecular complexity index is 1150. The number of imidazole rings is 1. The van der Waals surface area contributed by atoms with E-state index >= 15 is 0 Å². The summed E-state index contributed by atoms with van der Waals surface area (Å²) < 4.78 is 20.7. The maximum absolute atomic E-state index is 13.4. The summed E-state index contributed by atoms with van der Waals surface area (Å²) in [6.07, 6.45) is 7.31. The molecule has 1 aromatic carbocycles. The van der Waals surface area contributed by atoms with Crippen LogP contribution in [0.3, 0.4) is 0 Å². The predicted octanol–water partition coefficient (Wildman–Crippen LogP) is 2.87. The normalized spacial score (nSPS) is 16.8. The van der Waals surface area contributed by atoms with Crippen LogP contribution < -0.4 is 16.2 Å². The van der Waals surface area contributed by atoms with E-state index in [0.29, 0.717) is 35.6 Å². The largest absolute Gasteiger partial charge is 0.432 e. The van der Waals surface area contributed by atoms with E-state index in [1.165, 1.54) is 12.1 Å². The molecule has 0 aliphatic carbocycles. The summed E-state index contributed by atoms with van der Waals surface area (Å²) in [6, 6.07) is 8.00. The number of nitrogens with zero attached hydrogens (tertiary/aromatic N) is 5. The van der Waals surface area contributed by atoms with Crippen molar-refractivity contribution in [2.75, 3.05) is 24.6 Å². The molecule has 9 heteroatoms. The first-order chi connectivity index (χ1) is 14.7. The molecular formula is C21H22FN7O. The van der Waals surface area contributed by atoms with Gasteiger partial charge in [0.25, 0.3) is 0 Å². The lowest BCUT2D eigenvalue weighted by molar-refractivity contribution is 0.376. The van der Waals surface area contributed by atoms with Gasteiger partial charge < -0.3 is 9.73 Å².